The third-order valence-corrected chi connectivity index (χ3v) is 1.46. The van der Waals surface area contributed by atoms with Crippen molar-refractivity contribution in [2.75, 3.05) is 41.3 Å². The molecule has 0 unspecified atom stereocenters. The number of nitrogens with one attached hydrogen (secondary N) is 1. The first-order chi connectivity index (χ1) is 5.93. The molecule has 0 aliphatic carbocycles. The van der Waals surface area contributed by atoms with Gasteiger partial charge in [0.1, 0.15) is 0 Å². The van der Waals surface area contributed by atoms with Gasteiger partial charge in [0.05, 0.1) is 27.7 Å². The third kappa shape index (κ3) is 4.00. The van der Waals surface area contributed by atoms with Gasteiger partial charge in [-0.1, -0.05) is 0 Å². The van der Waals surface area contributed by atoms with Crippen molar-refractivity contribution >= 4 is 11.7 Å². The van der Waals surface area contributed by atoms with Crippen LogP contribution in [0.2, 0.25) is 0 Å². The Morgan fingerprint density at radius 2 is 2.00 bits per heavy atom. The maximum absolute atomic E-state index is 11.4. The monoisotopic (exact) mass is 187 g/mol. The average molecular weight is 187 g/mol. The van der Waals surface area contributed by atoms with E-state index in [-0.39, 0.29) is 5.91 Å². The predicted octanol–water partition coefficient (Wildman–Crippen LogP) is -1.20. The van der Waals surface area contributed by atoms with Crippen LogP contribution in [0.25, 0.3) is 0 Å². The Labute approximate surface area is 79.2 Å². The highest BCUT2D eigenvalue weighted by Crippen LogP contribution is 1.95. The number of carbonyl (C=O) groups is 1. The lowest BCUT2D eigenvalue weighted by atomic mass is 10.4. The highest BCUT2D eigenvalue weighted by Gasteiger charge is 2.25. The smallest absolute Gasteiger partial charge is 0.325 e. The highest BCUT2D eigenvalue weighted by atomic mass is 16.2. The van der Waals surface area contributed by atoms with Crippen molar-refractivity contribution in [3.05, 3.63) is 0 Å². The number of amides is 1. The Kier molecular flexibility index (Phi) is 4.58. The number of aliphatic imine (C=N–C) groups is 1. The second kappa shape index (κ2) is 4.94. The Morgan fingerprint density at radius 3 is 2.31 bits per heavy atom. The first-order valence-corrected chi connectivity index (χ1v) is 4.22. The molecule has 0 heterocycles. The number of hydrogen-bond acceptors (Lipinski definition) is 3. The molecule has 0 rings (SSSR count). The number of rotatable bonds is 2. The molecule has 13 heavy (non-hydrogen) atoms. The molecule has 0 aromatic heterocycles. The summed E-state index contributed by atoms with van der Waals surface area (Å²) in [6.45, 7) is 0.943. The van der Waals surface area contributed by atoms with Crippen LogP contribution in [0.5, 0.6) is 0 Å². The number of likely N-dealkylation sites (N-methyl/N-ethyl adjacent to an activating group) is 2. The van der Waals surface area contributed by atoms with Crippen molar-refractivity contribution in [3.8, 4) is 0 Å². The largest absolute Gasteiger partial charge is 0.349 e. The Balaban J connectivity index is 4.66. The lowest BCUT2D eigenvalue weighted by Crippen LogP contribution is -2.49. The Hall–Kier alpha value is -0.940. The molecule has 0 saturated heterocycles. The molecule has 0 fully saturated rings. The number of carbonyl (C=O) groups excluding carboxylic acids is 1. The molecule has 0 aliphatic heterocycles. The topological polar surface area (TPSA) is 67.5 Å². The summed E-state index contributed by atoms with van der Waals surface area (Å²) >= 11 is 0. The zero-order valence-corrected chi connectivity index (χ0v) is 8.79. The quantitative estimate of drug-likeness (QED) is 0.324. The highest BCUT2D eigenvalue weighted by molar-refractivity contribution is 6.34. The molecule has 0 aromatic carbocycles. The minimum absolute atomic E-state index is 0.152. The van der Waals surface area contributed by atoms with E-state index < -0.39 is 0 Å². The van der Waals surface area contributed by atoms with Crippen LogP contribution in [-0.4, -0.2) is 57.5 Å². The second-order valence-electron chi connectivity index (χ2n) is 3.59. The van der Waals surface area contributed by atoms with Gasteiger partial charge in [0.15, 0.2) is 0 Å². The molecule has 0 aromatic rings. The molecule has 0 radical (unpaired) electrons. The molecule has 0 saturated carbocycles. The molecule has 3 N–H and O–H groups in total. The van der Waals surface area contributed by atoms with Gasteiger partial charge in [0.2, 0.25) is 0 Å². The van der Waals surface area contributed by atoms with E-state index in [9.17, 15) is 4.79 Å². The van der Waals surface area contributed by atoms with Gasteiger partial charge < -0.3 is 11.1 Å². The number of nitrogens with zero attached hydrogens (tertiary/aromatic N) is 2. The molecule has 5 nitrogen and oxygen atoms in total. The van der Waals surface area contributed by atoms with Crippen LogP contribution in [0.1, 0.15) is 0 Å². The zero-order valence-electron chi connectivity index (χ0n) is 8.79. The van der Waals surface area contributed by atoms with Gasteiger partial charge in [-0.05, 0) is 0 Å². The first kappa shape index (κ1) is 12.1. The second-order valence-corrected chi connectivity index (χ2v) is 3.59. The summed E-state index contributed by atoms with van der Waals surface area (Å²) in [6, 6.07) is 0. The van der Waals surface area contributed by atoms with Crippen LogP contribution in [0.4, 0.5) is 0 Å². The van der Waals surface area contributed by atoms with Crippen LogP contribution in [-0.2, 0) is 4.79 Å². The summed E-state index contributed by atoms with van der Waals surface area (Å²) in [5, 5.41) is 2.55. The fourth-order valence-corrected chi connectivity index (χ4v) is 0.871. The summed E-state index contributed by atoms with van der Waals surface area (Å²) in [4.78, 5) is 15.5. The third-order valence-electron chi connectivity index (χ3n) is 1.46. The van der Waals surface area contributed by atoms with Gasteiger partial charge in [0, 0.05) is 13.6 Å². The SMILES string of the molecule is CNC(=O)/C(=N\CCN)[N+](C)(C)C. The molecule has 0 bridgehead atoms. The number of quaternary nitrogens is 1. The summed E-state index contributed by atoms with van der Waals surface area (Å²) in [6.07, 6.45) is 0. The summed E-state index contributed by atoms with van der Waals surface area (Å²) in [5.41, 5.74) is 5.32. The number of hydrogen-bond donors (Lipinski definition) is 2. The van der Waals surface area contributed by atoms with Gasteiger partial charge in [-0.3, -0.25) is 9.28 Å². The first-order valence-electron chi connectivity index (χ1n) is 4.22. The fraction of sp³-hybridized carbons (Fsp3) is 0.750. The molecule has 0 aliphatic rings. The summed E-state index contributed by atoms with van der Waals surface area (Å²) in [5.74, 6) is 0.342. The van der Waals surface area contributed by atoms with Gasteiger partial charge in [-0.15, -0.1) is 0 Å². The van der Waals surface area contributed by atoms with E-state index in [1.807, 2.05) is 21.1 Å². The number of nitrogens with two attached hydrogens (primary N) is 1. The Bertz CT molecular complexity index is 205. The van der Waals surface area contributed by atoms with Crippen molar-refractivity contribution in [3.63, 3.8) is 0 Å². The van der Waals surface area contributed by atoms with E-state index in [1.54, 1.807) is 7.05 Å². The van der Waals surface area contributed by atoms with Crippen molar-refractivity contribution in [2.24, 2.45) is 10.7 Å². The molecule has 0 spiro atoms. The van der Waals surface area contributed by atoms with Crippen LogP contribution in [0, 0.1) is 0 Å². The summed E-state index contributed by atoms with van der Waals surface area (Å²) in [7, 11) is 7.27. The van der Waals surface area contributed by atoms with E-state index in [0.717, 1.165) is 0 Å². The van der Waals surface area contributed by atoms with E-state index in [2.05, 4.69) is 10.3 Å². The Morgan fingerprint density at radius 1 is 1.46 bits per heavy atom. The fourth-order valence-electron chi connectivity index (χ4n) is 0.871. The zero-order chi connectivity index (χ0) is 10.5. The van der Waals surface area contributed by atoms with E-state index >= 15 is 0 Å². The molecular formula is C8H19N4O+. The standard InChI is InChI=1S/C8H18N4O/c1-10-8(13)7(11-6-5-9)12(2,3)4/h5-6,9H2,1-4H3/p+1/b11-7+. The van der Waals surface area contributed by atoms with Crippen LogP contribution < -0.4 is 11.1 Å². The van der Waals surface area contributed by atoms with Gasteiger partial charge in [0.25, 0.3) is 5.84 Å². The van der Waals surface area contributed by atoms with Crippen molar-refractivity contribution in [2.45, 2.75) is 0 Å². The molecule has 0 atom stereocenters. The van der Waals surface area contributed by atoms with Gasteiger partial charge >= 0.3 is 5.91 Å². The van der Waals surface area contributed by atoms with E-state index in [4.69, 9.17) is 5.73 Å². The summed E-state index contributed by atoms with van der Waals surface area (Å²) < 4.78 is 0.402. The van der Waals surface area contributed by atoms with Crippen molar-refractivity contribution < 1.29 is 9.28 Å². The number of amidine groups is 1. The van der Waals surface area contributed by atoms with Crippen LogP contribution in [0.15, 0.2) is 4.99 Å². The minimum Gasteiger partial charge on any atom is -0.349 e. The maximum atomic E-state index is 11.4. The molecular weight excluding hydrogens is 168 g/mol. The van der Waals surface area contributed by atoms with Crippen LogP contribution in [0.3, 0.4) is 0 Å². The molecule has 76 valence electrons. The predicted molar refractivity (Wildman–Crippen MR) is 53.5 cm³/mol. The minimum atomic E-state index is -0.152. The molecule has 5 heteroatoms. The van der Waals surface area contributed by atoms with E-state index in [1.165, 1.54) is 0 Å². The van der Waals surface area contributed by atoms with Gasteiger partial charge in [-0.25, -0.2) is 4.99 Å². The lowest BCUT2D eigenvalue weighted by molar-refractivity contribution is -0.774. The maximum Gasteiger partial charge on any atom is 0.325 e. The normalized spacial score (nSPS) is 12.8. The van der Waals surface area contributed by atoms with E-state index in [0.29, 0.717) is 23.4 Å². The lowest BCUT2D eigenvalue weighted by Gasteiger charge is -2.23. The van der Waals surface area contributed by atoms with Crippen LogP contribution >= 0.6 is 0 Å². The molecule has 1 amide bonds. The van der Waals surface area contributed by atoms with Crippen molar-refractivity contribution in [1.82, 2.24) is 5.32 Å². The average Bonchev–Trinajstić information content (AvgIpc) is 2.02. The van der Waals surface area contributed by atoms with Gasteiger partial charge in [-0.2, -0.15) is 0 Å². The van der Waals surface area contributed by atoms with Crippen molar-refractivity contribution in [1.29, 1.82) is 0 Å².